The van der Waals surface area contributed by atoms with Crippen molar-refractivity contribution in [3.63, 3.8) is 0 Å². The van der Waals surface area contributed by atoms with Gasteiger partial charge in [0.1, 0.15) is 9.84 Å². The fourth-order valence-corrected chi connectivity index (χ4v) is 2.23. The number of nitrogens with one attached hydrogen (secondary N) is 1. The highest BCUT2D eigenvalue weighted by atomic mass is 79.9. The lowest BCUT2D eigenvalue weighted by atomic mass is 10.4. The van der Waals surface area contributed by atoms with Gasteiger partial charge in [-0.1, -0.05) is 0 Å². The van der Waals surface area contributed by atoms with Crippen LogP contribution in [-0.4, -0.2) is 36.9 Å². The third-order valence-corrected chi connectivity index (χ3v) is 3.48. The third kappa shape index (κ3) is 4.96. The summed E-state index contributed by atoms with van der Waals surface area (Å²) in [5.41, 5.74) is -0.149. The third-order valence-electron chi connectivity index (χ3n) is 2.02. The number of nitro groups is 1. The topological polar surface area (TPSA) is 102 Å². The molecule has 1 aromatic heterocycles. The molecule has 1 aromatic rings. The maximum absolute atomic E-state index is 10.9. The SMILES string of the molecule is CS(=O)(=O)CCCNc1ncc(Br)cc1[N+](=O)[O-]. The molecule has 9 heteroatoms. The molecule has 0 saturated heterocycles. The standard InChI is InChI=1S/C9H12BrN3O4S/c1-18(16,17)4-2-3-11-9-8(13(14)15)5-7(10)6-12-9/h5-6H,2-4H2,1H3,(H,11,12). The predicted molar refractivity (Wildman–Crippen MR) is 71.4 cm³/mol. The number of sulfone groups is 1. The lowest BCUT2D eigenvalue weighted by molar-refractivity contribution is -0.384. The lowest BCUT2D eigenvalue weighted by Crippen LogP contribution is -2.11. The Hall–Kier alpha value is -1.22. The first-order valence-electron chi connectivity index (χ1n) is 5.01. The van der Waals surface area contributed by atoms with Crippen molar-refractivity contribution in [3.05, 3.63) is 26.9 Å². The number of hydrogen-bond acceptors (Lipinski definition) is 6. The van der Waals surface area contributed by atoms with Gasteiger partial charge in [-0.3, -0.25) is 10.1 Å². The molecule has 0 aliphatic rings. The molecular formula is C9H12BrN3O4S. The van der Waals surface area contributed by atoms with Crippen LogP contribution < -0.4 is 5.32 Å². The van der Waals surface area contributed by atoms with Crippen LogP contribution in [0.4, 0.5) is 11.5 Å². The van der Waals surface area contributed by atoms with Crippen molar-refractivity contribution in [2.45, 2.75) is 6.42 Å². The van der Waals surface area contributed by atoms with Crippen LogP contribution in [-0.2, 0) is 9.84 Å². The van der Waals surface area contributed by atoms with E-state index in [2.05, 4.69) is 26.2 Å². The van der Waals surface area contributed by atoms with Crippen molar-refractivity contribution in [2.24, 2.45) is 0 Å². The van der Waals surface area contributed by atoms with E-state index in [1.165, 1.54) is 12.3 Å². The van der Waals surface area contributed by atoms with Crippen LogP contribution in [0, 0.1) is 10.1 Å². The van der Waals surface area contributed by atoms with Crippen molar-refractivity contribution in [1.82, 2.24) is 4.98 Å². The van der Waals surface area contributed by atoms with E-state index in [1.54, 1.807) is 0 Å². The zero-order valence-corrected chi connectivity index (χ0v) is 12.0. The molecule has 0 saturated carbocycles. The Labute approximate surface area is 113 Å². The van der Waals surface area contributed by atoms with Gasteiger partial charge in [0, 0.05) is 29.5 Å². The normalized spacial score (nSPS) is 11.2. The number of halogens is 1. The summed E-state index contributed by atoms with van der Waals surface area (Å²) in [4.78, 5) is 14.1. The molecule has 0 atom stereocenters. The van der Waals surface area contributed by atoms with E-state index in [9.17, 15) is 18.5 Å². The Kier molecular flexibility index (Phi) is 5.03. The van der Waals surface area contributed by atoms with Gasteiger partial charge in [0.2, 0.25) is 5.82 Å². The first kappa shape index (κ1) is 14.8. The molecule has 0 fully saturated rings. The molecule has 0 aliphatic heterocycles. The van der Waals surface area contributed by atoms with Crippen molar-refractivity contribution < 1.29 is 13.3 Å². The van der Waals surface area contributed by atoms with Crippen LogP contribution in [0.15, 0.2) is 16.7 Å². The summed E-state index contributed by atoms with van der Waals surface area (Å²) >= 11 is 3.10. The van der Waals surface area contributed by atoms with Crippen LogP contribution in [0.2, 0.25) is 0 Å². The minimum Gasteiger partial charge on any atom is -0.364 e. The van der Waals surface area contributed by atoms with Crippen molar-refractivity contribution >= 4 is 37.3 Å². The minimum absolute atomic E-state index is 0.0321. The molecule has 1 heterocycles. The van der Waals surface area contributed by atoms with Gasteiger partial charge < -0.3 is 5.32 Å². The van der Waals surface area contributed by atoms with Gasteiger partial charge in [-0.25, -0.2) is 13.4 Å². The average molecular weight is 338 g/mol. The molecule has 0 radical (unpaired) electrons. The van der Waals surface area contributed by atoms with Crippen molar-refractivity contribution in [2.75, 3.05) is 23.9 Å². The Morgan fingerprint density at radius 2 is 2.22 bits per heavy atom. The lowest BCUT2D eigenvalue weighted by Gasteiger charge is -2.05. The number of pyridine rings is 1. The molecule has 0 aromatic carbocycles. The molecule has 0 unspecified atom stereocenters. The fraction of sp³-hybridized carbons (Fsp3) is 0.444. The maximum Gasteiger partial charge on any atom is 0.312 e. The van der Waals surface area contributed by atoms with E-state index in [0.29, 0.717) is 17.4 Å². The summed E-state index contributed by atoms with van der Waals surface area (Å²) in [7, 11) is -3.01. The summed E-state index contributed by atoms with van der Waals surface area (Å²) in [5, 5.41) is 13.5. The van der Waals surface area contributed by atoms with Crippen LogP contribution in [0.1, 0.15) is 6.42 Å². The molecule has 0 amide bonds. The number of nitrogens with zero attached hydrogens (tertiary/aromatic N) is 2. The summed E-state index contributed by atoms with van der Waals surface area (Å²) in [6.45, 7) is 0.308. The van der Waals surface area contributed by atoms with Crippen molar-refractivity contribution in [1.29, 1.82) is 0 Å². The quantitative estimate of drug-likeness (QED) is 0.480. The van der Waals surface area contributed by atoms with E-state index in [0.717, 1.165) is 6.26 Å². The Bertz CT molecular complexity index is 547. The number of hydrogen-bond donors (Lipinski definition) is 1. The highest BCUT2D eigenvalue weighted by molar-refractivity contribution is 9.10. The molecule has 0 bridgehead atoms. The van der Waals surface area contributed by atoms with Crippen LogP contribution >= 0.6 is 15.9 Å². The summed E-state index contributed by atoms with van der Waals surface area (Å²) in [6.07, 6.45) is 2.95. The number of rotatable bonds is 6. The van der Waals surface area contributed by atoms with Gasteiger partial charge in [0.25, 0.3) is 0 Å². The zero-order chi connectivity index (χ0) is 13.8. The second kappa shape index (κ2) is 6.10. The number of aromatic nitrogens is 1. The van der Waals surface area contributed by atoms with Gasteiger partial charge in [0.05, 0.1) is 10.7 Å². The van der Waals surface area contributed by atoms with Gasteiger partial charge >= 0.3 is 5.69 Å². The first-order valence-corrected chi connectivity index (χ1v) is 7.86. The second-order valence-electron chi connectivity index (χ2n) is 3.69. The average Bonchev–Trinajstić information content (AvgIpc) is 2.24. The van der Waals surface area contributed by atoms with Crippen LogP contribution in [0.5, 0.6) is 0 Å². The molecule has 0 spiro atoms. The van der Waals surface area contributed by atoms with Gasteiger partial charge in [0.15, 0.2) is 0 Å². The molecular weight excluding hydrogens is 326 g/mol. The number of anilines is 1. The summed E-state index contributed by atoms with van der Waals surface area (Å²) in [5.74, 6) is 0.168. The van der Waals surface area contributed by atoms with Crippen molar-refractivity contribution in [3.8, 4) is 0 Å². The smallest absolute Gasteiger partial charge is 0.312 e. The first-order chi connectivity index (χ1) is 8.29. The maximum atomic E-state index is 10.9. The zero-order valence-electron chi connectivity index (χ0n) is 9.59. The molecule has 0 aliphatic carbocycles. The van der Waals surface area contributed by atoms with Gasteiger partial charge in [-0.15, -0.1) is 0 Å². The molecule has 100 valence electrons. The minimum atomic E-state index is -3.01. The summed E-state index contributed by atoms with van der Waals surface area (Å²) in [6, 6.07) is 1.34. The van der Waals surface area contributed by atoms with E-state index in [1.807, 2.05) is 0 Å². The highest BCUT2D eigenvalue weighted by Crippen LogP contribution is 2.25. The second-order valence-corrected chi connectivity index (χ2v) is 6.86. The molecule has 18 heavy (non-hydrogen) atoms. The monoisotopic (exact) mass is 337 g/mol. The van der Waals surface area contributed by atoms with Crippen LogP contribution in [0.25, 0.3) is 0 Å². The van der Waals surface area contributed by atoms with E-state index in [4.69, 9.17) is 0 Å². The van der Waals surface area contributed by atoms with Crippen LogP contribution in [0.3, 0.4) is 0 Å². The molecule has 1 N–H and O–H groups in total. The Balaban J connectivity index is 2.65. The predicted octanol–water partition coefficient (Wildman–Crippen LogP) is 1.60. The molecule has 7 nitrogen and oxygen atoms in total. The Morgan fingerprint density at radius 1 is 1.56 bits per heavy atom. The largest absolute Gasteiger partial charge is 0.364 e. The Morgan fingerprint density at radius 3 is 2.78 bits per heavy atom. The fourth-order valence-electron chi connectivity index (χ4n) is 1.25. The molecule has 1 rings (SSSR count). The summed E-state index contributed by atoms with van der Waals surface area (Å²) < 4.78 is 22.3. The van der Waals surface area contributed by atoms with E-state index >= 15 is 0 Å². The van der Waals surface area contributed by atoms with Gasteiger partial charge in [-0.2, -0.15) is 0 Å². The van der Waals surface area contributed by atoms with Gasteiger partial charge in [-0.05, 0) is 22.4 Å². The van der Waals surface area contributed by atoms with E-state index in [-0.39, 0.29) is 17.3 Å². The van der Waals surface area contributed by atoms with E-state index < -0.39 is 14.8 Å². The highest BCUT2D eigenvalue weighted by Gasteiger charge is 2.15.